The average molecular weight is 389 g/mol. The minimum atomic E-state index is -0.655. The highest BCUT2D eigenvalue weighted by Gasteiger charge is 2.16. The van der Waals surface area contributed by atoms with Crippen molar-refractivity contribution in [3.8, 4) is 11.6 Å². The summed E-state index contributed by atoms with van der Waals surface area (Å²) in [5, 5.41) is 10.7. The van der Waals surface area contributed by atoms with E-state index in [-0.39, 0.29) is 23.0 Å². The van der Waals surface area contributed by atoms with Gasteiger partial charge in [-0.2, -0.15) is 9.37 Å². The van der Waals surface area contributed by atoms with Crippen LogP contribution in [-0.2, 0) is 6.42 Å². The largest absolute Gasteiger partial charge is 0.435 e. The maximum atomic E-state index is 14.0. The minimum absolute atomic E-state index is 0.134. The summed E-state index contributed by atoms with van der Waals surface area (Å²) in [5.74, 6) is -0.716. The van der Waals surface area contributed by atoms with Gasteiger partial charge >= 0.3 is 0 Å². The first-order chi connectivity index (χ1) is 9.52. The molecule has 1 heterocycles. The molecule has 2 rings (SSSR count). The minimum Gasteiger partial charge on any atom is -0.435 e. The molecule has 0 N–H and O–H groups in total. The van der Waals surface area contributed by atoms with Crippen LogP contribution in [0.4, 0.5) is 10.1 Å². The van der Waals surface area contributed by atoms with Crippen LogP contribution in [0.2, 0.25) is 0 Å². The Labute approximate surface area is 127 Å². The zero-order valence-electron chi connectivity index (χ0n) is 10.3. The highest BCUT2D eigenvalue weighted by Crippen LogP contribution is 2.30. The van der Waals surface area contributed by atoms with Gasteiger partial charge in [0.05, 0.1) is 20.3 Å². The molecule has 0 saturated carbocycles. The Morgan fingerprint density at radius 3 is 2.85 bits per heavy atom. The Bertz CT molecular complexity index is 666. The Morgan fingerprint density at radius 1 is 1.45 bits per heavy atom. The lowest BCUT2D eigenvalue weighted by Gasteiger charge is -2.08. The topological polar surface area (TPSA) is 78.2 Å². The van der Waals surface area contributed by atoms with Crippen molar-refractivity contribution < 1.29 is 14.1 Å². The predicted molar refractivity (Wildman–Crippen MR) is 77.3 cm³/mol. The summed E-state index contributed by atoms with van der Waals surface area (Å²) in [6.45, 7) is 1.76. The van der Waals surface area contributed by atoms with Crippen LogP contribution in [0.5, 0.6) is 11.6 Å². The molecule has 0 saturated heterocycles. The number of nitro benzene ring substituents is 1. The van der Waals surface area contributed by atoms with Gasteiger partial charge in [0, 0.05) is 6.07 Å². The second-order valence-corrected chi connectivity index (χ2v) is 4.93. The molecule has 0 aliphatic carbocycles. The smallest absolute Gasteiger partial charge is 0.273 e. The number of nitro groups is 1. The van der Waals surface area contributed by atoms with Gasteiger partial charge in [-0.25, -0.2) is 4.98 Å². The third-order valence-electron chi connectivity index (χ3n) is 2.50. The lowest BCUT2D eigenvalue weighted by molar-refractivity contribution is -0.384. The number of halogens is 2. The number of rotatable bonds is 4. The normalized spacial score (nSPS) is 10.3. The van der Waals surface area contributed by atoms with Crippen LogP contribution < -0.4 is 4.74 Å². The molecule has 20 heavy (non-hydrogen) atoms. The van der Waals surface area contributed by atoms with E-state index in [1.165, 1.54) is 24.5 Å². The molecule has 2 aromatic rings. The molecule has 0 atom stereocenters. The Kier molecular flexibility index (Phi) is 4.42. The van der Waals surface area contributed by atoms with Gasteiger partial charge < -0.3 is 4.74 Å². The Balaban J connectivity index is 2.39. The number of ether oxygens (including phenoxy) is 1. The zero-order valence-corrected chi connectivity index (χ0v) is 12.5. The summed E-state index contributed by atoms with van der Waals surface area (Å²) in [6.07, 6.45) is 1.60. The number of benzene rings is 1. The van der Waals surface area contributed by atoms with Crippen molar-refractivity contribution in [1.82, 2.24) is 9.97 Å². The third kappa shape index (κ3) is 3.00. The van der Waals surface area contributed by atoms with Crippen LogP contribution >= 0.6 is 22.6 Å². The Morgan fingerprint density at radius 2 is 2.20 bits per heavy atom. The van der Waals surface area contributed by atoms with E-state index in [2.05, 4.69) is 9.97 Å². The summed E-state index contributed by atoms with van der Waals surface area (Å²) >= 11 is 1.94. The summed E-state index contributed by atoms with van der Waals surface area (Å²) in [5.41, 5.74) is 0.0982. The fourth-order valence-electron chi connectivity index (χ4n) is 1.49. The first kappa shape index (κ1) is 14.6. The fourth-order valence-corrected chi connectivity index (χ4v) is 1.94. The summed E-state index contributed by atoms with van der Waals surface area (Å²) in [6, 6.07) is 4.10. The number of hydrogen-bond acceptors (Lipinski definition) is 5. The quantitative estimate of drug-likeness (QED) is 0.455. The molecule has 0 fully saturated rings. The number of nitrogens with zero attached hydrogens (tertiary/aromatic N) is 3. The molecule has 6 nitrogen and oxygen atoms in total. The monoisotopic (exact) mass is 389 g/mol. The standard InChI is InChI=1S/C12H9FIN3O3/c1-2-9-11(13)12(16-6-15-9)20-10-5-7(17(18)19)3-4-8(10)14/h3-6H,2H2,1H3. The molecule has 0 spiro atoms. The molecule has 8 heteroatoms. The van der Waals surface area contributed by atoms with E-state index in [1.807, 2.05) is 22.6 Å². The van der Waals surface area contributed by atoms with E-state index in [1.54, 1.807) is 6.92 Å². The van der Waals surface area contributed by atoms with Crippen LogP contribution in [0.25, 0.3) is 0 Å². The van der Waals surface area contributed by atoms with Crippen molar-refractivity contribution in [2.75, 3.05) is 0 Å². The van der Waals surface area contributed by atoms with Crippen molar-refractivity contribution in [2.45, 2.75) is 13.3 Å². The molecule has 1 aromatic carbocycles. The molecular weight excluding hydrogens is 380 g/mol. The van der Waals surface area contributed by atoms with Gasteiger partial charge in [-0.15, -0.1) is 0 Å². The van der Waals surface area contributed by atoms with Crippen LogP contribution in [-0.4, -0.2) is 14.9 Å². The Hall–Kier alpha value is -1.84. The molecule has 0 aliphatic rings. The van der Waals surface area contributed by atoms with Gasteiger partial charge in [0.1, 0.15) is 12.1 Å². The number of non-ortho nitro benzene ring substituents is 1. The van der Waals surface area contributed by atoms with Crippen molar-refractivity contribution >= 4 is 28.3 Å². The maximum absolute atomic E-state index is 14.0. The molecule has 0 unspecified atom stereocenters. The van der Waals surface area contributed by atoms with Gasteiger partial charge in [0.2, 0.25) is 5.82 Å². The summed E-state index contributed by atoms with van der Waals surface area (Å²) in [4.78, 5) is 17.7. The maximum Gasteiger partial charge on any atom is 0.273 e. The van der Waals surface area contributed by atoms with Crippen molar-refractivity contribution in [3.05, 3.63) is 49.7 Å². The lowest BCUT2D eigenvalue weighted by Crippen LogP contribution is -2.00. The fraction of sp³-hybridized carbons (Fsp3) is 0.167. The van der Waals surface area contributed by atoms with E-state index < -0.39 is 10.7 Å². The summed E-state index contributed by atoms with van der Waals surface area (Å²) < 4.78 is 19.9. The summed E-state index contributed by atoms with van der Waals surface area (Å²) in [7, 11) is 0. The van der Waals surface area contributed by atoms with E-state index in [9.17, 15) is 14.5 Å². The predicted octanol–water partition coefficient (Wildman–Crippen LogP) is 3.48. The van der Waals surface area contributed by atoms with Crippen LogP contribution in [0.3, 0.4) is 0 Å². The van der Waals surface area contributed by atoms with E-state index in [0.717, 1.165) is 0 Å². The van der Waals surface area contributed by atoms with Gasteiger partial charge in [0.25, 0.3) is 11.6 Å². The van der Waals surface area contributed by atoms with Gasteiger partial charge in [-0.3, -0.25) is 10.1 Å². The molecule has 0 bridgehead atoms. The highest BCUT2D eigenvalue weighted by molar-refractivity contribution is 14.1. The van der Waals surface area contributed by atoms with E-state index in [0.29, 0.717) is 9.99 Å². The van der Waals surface area contributed by atoms with Gasteiger partial charge in [0.15, 0.2) is 0 Å². The van der Waals surface area contributed by atoms with Crippen molar-refractivity contribution in [2.24, 2.45) is 0 Å². The van der Waals surface area contributed by atoms with E-state index >= 15 is 0 Å². The molecular formula is C12H9FIN3O3. The SMILES string of the molecule is CCc1ncnc(Oc2cc([N+](=O)[O-])ccc2I)c1F. The van der Waals surface area contributed by atoms with E-state index in [4.69, 9.17) is 4.74 Å². The van der Waals surface area contributed by atoms with Crippen LogP contribution in [0.15, 0.2) is 24.5 Å². The molecule has 104 valence electrons. The number of hydrogen-bond donors (Lipinski definition) is 0. The van der Waals surface area contributed by atoms with Gasteiger partial charge in [-0.1, -0.05) is 6.92 Å². The molecule has 1 aromatic heterocycles. The molecule has 0 aliphatic heterocycles. The number of aryl methyl sites for hydroxylation is 1. The zero-order chi connectivity index (χ0) is 14.7. The second kappa shape index (κ2) is 6.07. The van der Waals surface area contributed by atoms with Gasteiger partial charge in [-0.05, 0) is 35.1 Å². The molecule has 0 radical (unpaired) electrons. The highest BCUT2D eigenvalue weighted by atomic mass is 127. The average Bonchev–Trinajstić information content (AvgIpc) is 2.43. The lowest BCUT2D eigenvalue weighted by atomic mass is 10.3. The van der Waals surface area contributed by atoms with Crippen LogP contribution in [0, 0.1) is 19.5 Å². The second-order valence-electron chi connectivity index (χ2n) is 3.77. The van der Waals surface area contributed by atoms with Crippen molar-refractivity contribution in [3.63, 3.8) is 0 Å². The first-order valence-electron chi connectivity index (χ1n) is 5.64. The van der Waals surface area contributed by atoms with Crippen molar-refractivity contribution in [1.29, 1.82) is 0 Å². The first-order valence-corrected chi connectivity index (χ1v) is 6.72. The third-order valence-corrected chi connectivity index (χ3v) is 3.39. The molecule has 0 amide bonds. The number of aromatic nitrogens is 2. The van der Waals surface area contributed by atoms with Crippen LogP contribution in [0.1, 0.15) is 12.6 Å².